The SMILES string of the molecule is N#CCNC(=O)C1(c2ccc(I)cc2)CC1. The monoisotopic (exact) mass is 326 g/mol. The Hall–Kier alpha value is -1.09. The van der Waals surface area contributed by atoms with E-state index in [1.807, 2.05) is 30.3 Å². The molecule has 1 aromatic carbocycles. The van der Waals surface area contributed by atoms with E-state index in [9.17, 15) is 4.79 Å². The fourth-order valence-corrected chi connectivity index (χ4v) is 2.19. The van der Waals surface area contributed by atoms with Gasteiger partial charge in [-0.15, -0.1) is 0 Å². The summed E-state index contributed by atoms with van der Waals surface area (Å²) in [6.07, 6.45) is 1.76. The molecule has 3 nitrogen and oxygen atoms in total. The predicted molar refractivity (Wildman–Crippen MR) is 68.7 cm³/mol. The Bertz CT molecular complexity index is 443. The Morgan fingerprint density at radius 3 is 2.56 bits per heavy atom. The van der Waals surface area contributed by atoms with Crippen molar-refractivity contribution in [2.45, 2.75) is 18.3 Å². The van der Waals surface area contributed by atoms with E-state index < -0.39 is 0 Å². The second-order valence-electron chi connectivity index (χ2n) is 3.93. The molecular formula is C12H11IN2O. The van der Waals surface area contributed by atoms with Gasteiger partial charge in [0.25, 0.3) is 0 Å². The summed E-state index contributed by atoms with van der Waals surface area (Å²) in [6, 6.07) is 9.94. The van der Waals surface area contributed by atoms with Crippen LogP contribution in [0.3, 0.4) is 0 Å². The number of benzene rings is 1. The summed E-state index contributed by atoms with van der Waals surface area (Å²) < 4.78 is 1.16. The molecule has 0 heterocycles. The van der Waals surface area contributed by atoms with Crippen molar-refractivity contribution in [1.82, 2.24) is 5.32 Å². The van der Waals surface area contributed by atoms with Crippen LogP contribution >= 0.6 is 22.6 Å². The third-order valence-corrected chi connectivity index (χ3v) is 3.63. The van der Waals surface area contributed by atoms with Crippen molar-refractivity contribution >= 4 is 28.5 Å². The highest BCUT2D eigenvalue weighted by atomic mass is 127. The van der Waals surface area contributed by atoms with Crippen molar-refractivity contribution in [1.29, 1.82) is 5.26 Å². The van der Waals surface area contributed by atoms with Crippen LogP contribution in [0, 0.1) is 14.9 Å². The van der Waals surface area contributed by atoms with Gasteiger partial charge in [-0.25, -0.2) is 0 Å². The van der Waals surface area contributed by atoms with E-state index in [1.54, 1.807) is 0 Å². The average Bonchev–Trinajstić information content (AvgIpc) is 3.08. The first-order chi connectivity index (χ1) is 7.69. The van der Waals surface area contributed by atoms with Crippen LogP contribution in [0.1, 0.15) is 18.4 Å². The van der Waals surface area contributed by atoms with Gasteiger partial charge in [0.15, 0.2) is 0 Å². The Morgan fingerprint density at radius 1 is 1.44 bits per heavy atom. The van der Waals surface area contributed by atoms with E-state index in [4.69, 9.17) is 5.26 Å². The molecule has 82 valence electrons. The first-order valence-electron chi connectivity index (χ1n) is 5.10. The van der Waals surface area contributed by atoms with Crippen LogP contribution in [-0.2, 0) is 10.2 Å². The summed E-state index contributed by atoms with van der Waals surface area (Å²) in [7, 11) is 0. The summed E-state index contributed by atoms with van der Waals surface area (Å²) in [5.74, 6) is -0.0183. The molecule has 0 aromatic heterocycles. The third-order valence-electron chi connectivity index (χ3n) is 2.91. The first kappa shape index (κ1) is 11.4. The number of nitrogens with one attached hydrogen (secondary N) is 1. The number of carbonyl (C=O) groups excluding carboxylic acids is 1. The molecule has 0 aliphatic heterocycles. The number of nitrogens with zero attached hydrogens (tertiary/aromatic N) is 1. The van der Waals surface area contributed by atoms with Gasteiger partial charge in [-0.3, -0.25) is 4.79 Å². The van der Waals surface area contributed by atoms with Gasteiger partial charge < -0.3 is 5.32 Å². The van der Waals surface area contributed by atoms with Crippen molar-refractivity contribution < 1.29 is 4.79 Å². The molecule has 4 heteroatoms. The van der Waals surface area contributed by atoms with Gasteiger partial charge in [0, 0.05) is 3.57 Å². The molecule has 2 rings (SSSR count). The summed E-state index contributed by atoms with van der Waals surface area (Å²) in [6.45, 7) is 0.0882. The van der Waals surface area contributed by atoms with Crippen molar-refractivity contribution in [3.05, 3.63) is 33.4 Å². The Morgan fingerprint density at radius 2 is 2.06 bits per heavy atom. The molecule has 1 saturated carbocycles. The van der Waals surface area contributed by atoms with E-state index in [2.05, 4.69) is 27.9 Å². The molecule has 1 aliphatic rings. The molecule has 0 unspecified atom stereocenters. The maximum atomic E-state index is 11.9. The lowest BCUT2D eigenvalue weighted by Crippen LogP contribution is -2.34. The summed E-state index contributed by atoms with van der Waals surface area (Å²) in [5.41, 5.74) is 0.699. The molecule has 1 N–H and O–H groups in total. The third kappa shape index (κ3) is 2.05. The van der Waals surface area contributed by atoms with Crippen LogP contribution in [-0.4, -0.2) is 12.5 Å². The molecule has 1 aromatic rings. The van der Waals surface area contributed by atoms with Crippen LogP contribution in [0.2, 0.25) is 0 Å². The van der Waals surface area contributed by atoms with Gasteiger partial charge in [-0.1, -0.05) is 12.1 Å². The standard InChI is InChI=1S/C12H11IN2O/c13-10-3-1-9(2-4-10)12(5-6-12)11(16)15-8-7-14/h1-4H,5-6,8H2,(H,15,16). The fourth-order valence-electron chi connectivity index (χ4n) is 1.83. The second kappa shape index (κ2) is 4.42. The minimum absolute atomic E-state index is 0.0183. The lowest BCUT2D eigenvalue weighted by atomic mass is 9.95. The van der Waals surface area contributed by atoms with Crippen LogP contribution in [0.15, 0.2) is 24.3 Å². The van der Waals surface area contributed by atoms with Crippen LogP contribution in [0.25, 0.3) is 0 Å². The number of rotatable bonds is 3. The molecule has 0 radical (unpaired) electrons. The number of hydrogen-bond acceptors (Lipinski definition) is 2. The van der Waals surface area contributed by atoms with Gasteiger partial charge in [-0.05, 0) is 53.1 Å². The normalized spacial score (nSPS) is 16.2. The minimum atomic E-state index is -0.360. The summed E-state index contributed by atoms with van der Waals surface area (Å²) in [4.78, 5) is 11.9. The van der Waals surface area contributed by atoms with E-state index in [1.165, 1.54) is 0 Å². The maximum Gasteiger partial charge on any atom is 0.231 e. The molecule has 0 bridgehead atoms. The topological polar surface area (TPSA) is 52.9 Å². The second-order valence-corrected chi connectivity index (χ2v) is 5.18. The van der Waals surface area contributed by atoms with Crippen molar-refractivity contribution in [2.75, 3.05) is 6.54 Å². The number of halogens is 1. The zero-order chi connectivity index (χ0) is 11.6. The average molecular weight is 326 g/mol. The first-order valence-corrected chi connectivity index (χ1v) is 6.18. The van der Waals surface area contributed by atoms with E-state index in [-0.39, 0.29) is 17.9 Å². The van der Waals surface area contributed by atoms with Crippen molar-refractivity contribution in [3.63, 3.8) is 0 Å². The van der Waals surface area contributed by atoms with Gasteiger partial charge in [-0.2, -0.15) is 5.26 Å². The van der Waals surface area contributed by atoms with Crippen LogP contribution in [0.4, 0.5) is 0 Å². The maximum absolute atomic E-state index is 11.9. The van der Waals surface area contributed by atoms with E-state index in [0.29, 0.717) is 0 Å². The summed E-state index contributed by atoms with van der Waals surface area (Å²) >= 11 is 2.24. The molecule has 0 atom stereocenters. The molecule has 0 saturated heterocycles. The molecule has 1 fully saturated rings. The number of hydrogen-bond donors (Lipinski definition) is 1. The molecule has 16 heavy (non-hydrogen) atoms. The summed E-state index contributed by atoms with van der Waals surface area (Å²) in [5, 5.41) is 11.1. The smallest absolute Gasteiger partial charge is 0.231 e. The van der Waals surface area contributed by atoms with Crippen LogP contribution < -0.4 is 5.32 Å². The Labute approximate surface area is 108 Å². The predicted octanol–water partition coefficient (Wildman–Crippen LogP) is 1.96. The number of amides is 1. The molecule has 1 amide bonds. The van der Waals surface area contributed by atoms with Gasteiger partial charge >= 0.3 is 0 Å². The highest BCUT2D eigenvalue weighted by Crippen LogP contribution is 2.48. The Kier molecular flexibility index (Phi) is 3.15. The van der Waals surface area contributed by atoms with E-state index >= 15 is 0 Å². The van der Waals surface area contributed by atoms with E-state index in [0.717, 1.165) is 22.0 Å². The zero-order valence-electron chi connectivity index (χ0n) is 8.66. The highest BCUT2D eigenvalue weighted by molar-refractivity contribution is 14.1. The zero-order valence-corrected chi connectivity index (χ0v) is 10.8. The van der Waals surface area contributed by atoms with Gasteiger partial charge in [0.1, 0.15) is 6.54 Å². The van der Waals surface area contributed by atoms with Gasteiger partial charge in [0.2, 0.25) is 5.91 Å². The largest absolute Gasteiger partial charge is 0.342 e. The lowest BCUT2D eigenvalue weighted by Gasteiger charge is -2.14. The number of nitriles is 1. The Balaban J connectivity index is 2.17. The molecule has 1 aliphatic carbocycles. The quantitative estimate of drug-likeness (QED) is 0.682. The minimum Gasteiger partial charge on any atom is -0.342 e. The van der Waals surface area contributed by atoms with Crippen molar-refractivity contribution in [2.24, 2.45) is 0 Å². The fraction of sp³-hybridized carbons (Fsp3) is 0.333. The van der Waals surface area contributed by atoms with Crippen molar-refractivity contribution in [3.8, 4) is 6.07 Å². The number of carbonyl (C=O) groups is 1. The lowest BCUT2D eigenvalue weighted by molar-refractivity contribution is -0.123. The molecule has 0 spiro atoms. The highest BCUT2D eigenvalue weighted by Gasteiger charge is 2.50. The molecular weight excluding hydrogens is 315 g/mol. The van der Waals surface area contributed by atoms with Gasteiger partial charge in [0.05, 0.1) is 11.5 Å². The van der Waals surface area contributed by atoms with Crippen LogP contribution in [0.5, 0.6) is 0 Å².